The van der Waals surface area contributed by atoms with Crippen LogP contribution in [0.4, 0.5) is 0 Å². The average molecular weight is 295 g/mol. The largest absolute Gasteiger partial charge is 0.480 e. The topological polar surface area (TPSA) is 104 Å². The Morgan fingerprint density at radius 3 is 2.90 bits per heavy atom. The van der Waals surface area contributed by atoms with Crippen molar-refractivity contribution in [1.82, 2.24) is 15.3 Å². The van der Waals surface area contributed by atoms with Gasteiger partial charge in [-0.3, -0.25) is 4.79 Å². The van der Waals surface area contributed by atoms with Crippen molar-refractivity contribution >= 4 is 11.9 Å². The van der Waals surface area contributed by atoms with Crippen LogP contribution >= 0.6 is 0 Å². The summed E-state index contributed by atoms with van der Waals surface area (Å²) in [4.78, 5) is 29.8. The Hall–Kier alpha value is -1.89. The number of hydrogen-bond donors (Lipinski definition) is 3. The highest BCUT2D eigenvalue weighted by Gasteiger charge is 2.32. The van der Waals surface area contributed by atoms with E-state index in [1.165, 1.54) is 6.33 Å². The second-order valence-electron chi connectivity index (χ2n) is 5.36. The average Bonchev–Trinajstić information content (AvgIpc) is 2.88. The number of carbonyl (C=O) groups excluding carboxylic acids is 1. The number of aromatic nitrogens is 2. The Bertz CT molecular complexity index is 469. The first kappa shape index (κ1) is 15.5. The van der Waals surface area contributed by atoms with Crippen LogP contribution in [0, 0.1) is 5.92 Å². The van der Waals surface area contributed by atoms with E-state index in [1.54, 1.807) is 6.20 Å². The monoisotopic (exact) mass is 295 g/mol. The molecule has 1 heterocycles. The number of aromatic amines is 1. The number of rotatable bonds is 8. The van der Waals surface area contributed by atoms with Crippen LogP contribution in [0.1, 0.15) is 31.9 Å². The third-order valence-electron chi connectivity index (χ3n) is 3.68. The zero-order valence-corrected chi connectivity index (χ0v) is 12.0. The first-order valence-electron chi connectivity index (χ1n) is 7.19. The molecule has 7 nitrogen and oxygen atoms in total. The first-order valence-corrected chi connectivity index (χ1v) is 7.19. The number of carboxylic acids is 1. The molecule has 1 aliphatic carbocycles. The Labute approximate surface area is 123 Å². The van der Waals surface area contributed by atoms with Gasteiger partial charge in [-0.2, -0.15) is 0 Å². The lowest BCUT2D eigenvalue weighted by Crippen LogP contribution is -2.44. The minimum Gasteiger partial charge on any atom is -0.480 e. The lowest BCUT2D eigenvalue weighted by molar-refractivity contribution is -0.142. The molecule has 1 aromatic heterocycles. The number of ether oxygens (including phenoxy) is 1. The van der Waals surface area contributed by atoms with Crippen molar-refractivity contribution in [2.24, 2.45) is 5.92 Å². The fourth-order valence-corrected chi connectivity index (χ4v) is 2.54. The molecule has 3 N–H and O–H groups in total. The molecule has 0 saturated heterocycles. The first-order chi connectivity index (χ1) is 10.1. The molecule has 0 spiro atoms. The Morgan fingerprint density at radius 1 is 1.57 bits per heavy atom. The second kappa shape index (κ2) is 7.21. The summed E-state index contributed by atoms with van der Waals surface area (Å²) in [5.74, 6) is -0.969. The van der Waals surface area contributed by atoms with Gasteiger partial charge in [-0.1, -0.05) is 0 Å². The Balaban J connectivity index is 1.75. The minimum absolute atomic E-state index is 0.202. The number of imidazole rings is 1. The van der Waals surface area contributed by atoms with Gasteiger partial charge in [0.2, 0.25) is 5.91 Å². The Morgan fingerprint density at radius 2 is 2.33 bits per heavy atom. The molecule has 7 heteroatoms. The van der Waals surface area contributed by atoms with Crippen LogP contribution in [0.3, 0.4) is 0 Å². The van der Waals surface area contributed by atoms with Crippen LogP contribution in [-0.4, -0.2) is 45.7 Å². The van der Waals surface area contributed by atoms with Crippen molar-refractivity contribution in [3.8, 4) is 0 Å². The van der Waals surface area contributed by atoms with Gasteiger partial charge in [-0.15, -0.1) is 0 Å². The van der Waals surface area contributed by atoms with Crippen LogP contribution in [0.5, 0.6) is 0 Å². The number of carbonyl (C=O) groups is 2. The predicted molar refractivity (Wildman–Crippen MR) is 74.6 cm³/mol. The molecule has 21 heavy (non-hydrogen) atoms. The van der Waals surface area contributed by atoms with E-state index in [1.807, 2.05) is 6.92 Å². The van der Waals surface area contributed by atoms with Crippen LogP contribution in [0.15, 0.2) is 12.5 Å². The summed E-state index contributed by atoms with van der Waals surface area (Å²) in [6.07, 6.45) is 5.61. The third-order valence-corrected chi connectivity index (χ3v) is 3.68. The maximum atomic E-state index is 11.9. The summed E-state index contributed by atoms with van der Waals surface area (Å²) in [6, 6.07) is -0.930. The summed E-state index contributed by atoms with van der Waals surface area (Å²) in [5.41, 5.74) is 0.683. The van der Waals surface area contributed by atoms with Crippen LogP contribution in [0.2, 0.25) is 0 Å². The highest BCUT2D eigenvalue weighted by atomic mass is 16.5. The zero-order chi connectivity index (χ0) is 15.2. The summed E-state index contributed by atoms with van der Waals surface area (Å²) in [6.45, 7) is 2.64. The van der Waals surface area contributed by atoms with Gasteiger partial charge in [0.25, 0.3) is 0 Å². The van der Waals surface area contributed by atoms with Gasteiger partial charge in [0, 0.05) is 31.3 Å². The molecule has 1 amide bonds. The standard InChI is InChI=1S/C14H21N3O4/c1-2-21-11-3-9(4-11)5-13(18)17-12(14(19)20)6-10-7-15-8-16-10/h7-9,11-12H,2-6H2,1H3,(H,15,16)(H,17,18)(H,19,20)/t9?,11?,12-/m0/s1. The SMILES string of the molecule is CCOC1CC(CC(=O)N[C@@H](Cc2cnc[nH]2)C(=O)O)C1. The number of H-pyrrole nitrogens is 1. The number of hydrogen-bond acceptors (Lipinski definition) is 4. The van der Waals surface area contributed by atoms with Crippen molar-refractivity contribution < 1.29 is 19.4 Å². The number of nitrogens with one attached hydrogen (secondary N) is 2. The third kappa shape index (κ3) is 4.56. The van der Waals surface area contributed by atoms with Gasteiger partial charge < -0.3 is 20.1 Å². The molecule has 0 aliphatic heterocycles. The zero-order valence-electron chi connectivity index (χ0n) is 12.0. The molecule has 0 unspecified atom stereocenters. The molecule has 1 atom stereocenters. The molecule has 0 aromatic carbocycles. The summed E-state index contributed by atoms with van der Waals surface area (Å²) < 4.78 is 5.44. The van der Waals surface area contributed by atoms with Crippen molar-refractivity contribution in [3.05, 3.63) is 18.2 Å². The van der Waals surface area contributed by atoms with Crippen LogP contribution in [0.25, 0.3) is 0 Å². The van der Waals surface area contributed by atoms with Gasteiger partial charge in [0.05, 0.1) is 12.4 Å². The number of carboxylic acid groups (broad SMARTS) is 1. The van der Waals surface area contributed by atoms with Crippen molar-refractivity contribution in [2.45, 2.75) is 44.8 Å². The van der Waals surface area contributed by atoms with Gasteiger partial charge in [-0.25, -0.2) is 9.78 Å². The van der Waals surface area contributed by atoms with E-state index >= 15 is 0 Å². The van der Waals surface area contributed by atoms with Crippen LogP contribution < -0.4 is 5.32 Å². The summed E-state index contributed by atoms with van der Waals surface area (Å²) in [7, 11) is 0. The van der Waals surface area contributed by atoms with E-state index in [0.29, 0.717) is 24.6 Å². The van der Waals surface area contributed by atoms with Crippen molar-refractivity contribution in [2.75, 3.05) is 6.61 Å². The number of nitrogens with zero attached hydrogens (tertiary/aromatic N) is 1. The second-order valence-corrected chi connectivity index (χ2v) is 5.36. The quantitative estimate of drug-likeness (QED) is 0.655. The molecule has 2 rings (SSSR count). The molecule has 116 valence electrons. The highest BCUT2D eigenvalue weighted by Crippen LogP contribution is 2.32. The summed E-state index contributed by atoms with van der Waals surface area (Å²) >= 11 is 0. The molecule has 1 fully saturated rings. The minimum atomic E-state index is -1.04. The Kier molecular flexibility index (Phi) is 5.32. The van der Waals surface area contributed by atoms with Crippen molar-refractivity contribution in [3.63, 3.8) is 0 Å². The maximum absolute atomic E-state index is 11.9. The van der Waals surface area contributed by atoms with E-state index < -0.39 is 12.0 Å². The van der Waals surface area contributed by atoms with Crippen LogP contribution in [-0.2, 0) is 20.7 Å². The molecular weight excluding hydrogens is 274 g/mol. The van der Waals surface area contributed by atoms with Gasteiger partial charge in [-0.05, 0) is 25.7 Å². The van der Waals surface area contributed by atoms with E-state index in [2.05, 4.69) is 15.3 Å². The fourth-order valence-electron chi connectivity index (χ4n) is 2.54. The van der Waals surface area contributed by atoms with E-state index in [0.717, 1.165) is 12.8 Å². The summed E-state index contributed by atoms with van der Waals surface area (Å²) in [5, 5.41) is 11.7. The van der Waals surface area contributed by atoms with Gasteiger partial charge in [0.15, 0.2) is 0 Å². The lowest BCUT2D eigenvalue weighted by atomic mass is 9.80. The number of amides is 1. The normalized spacial score (nSPS) is 22.3. The van der Waals surface area contributed by atoms with Gasteiger partial charge >= 0.3 is 5.97 Å². The fraction of sp³-hybridized carbons (Fsp3) is 0.643. The number of aliphatic carboxylic acids is 1. The lowest BCUT2D eigenvalue weighted by Gasteiger charge is -2.34. The predicted octanol–water partition coefficient (Wildman–Crippen LogP) is 0.727. The molecule has 0 radical (unpaired) electrons. The van der Waals surface area contributed by atoms with Crippen molar-refractivity contribution in [1.29, 1.82) is 0 Å². The van der Waals surface area contributed by atoms with E-state index in [4.69, 9.17) is 9.84 Å². The molecule has 1 saturated carbocycles. The molecule has 1 aliphatic rings. The van der Waals surface area contributed by atoms with E-state index in [-0.39, 0.29) is 18.4 Å². The highest BCUT2D eigenvalue weighted by molar-refractivity contribution is 5.83. The smallest absolute Gasteiger partial charge is 0.326 e. The molecular formula is C14H21N3O4. The maximum Gasteiger partial charge on any atom is 0.326 e. The van der Waals surface area contributed by atoms with Gasteiger partial charge in [0.1, 0.15) is 6.04 Å². The van der Waals surface area contributed by atoms with E-state index in [9.17, 15) is 9.59 Å². The molecule has 0 bridgehead atoms. The molecule has 1 aromatic rings.